The van der Waals surface area contributed by atoms with Crippen molar-refractivity contribution in [3.63, 3.8) is 0 Å². The zero-order valence-electron chi connectivity index (χ0n) is 11.3. The average molecular weight is 328 g/mol. The molecule has 104 valence electrons. The first kappa shape index (κ1) is 14.3. The maximum absolute atomic E-state index is 12.5. The van der Waals surface area contributed by atoms with Crippen LogP contribution in [0.25, 0.3) is 0 Å². The van der Waals surface area contributed by atoms with Crippen molar-refractivity contribution in [3.8, 4) is 11.5 Å². The van der Waals surface area contributed by atoms with Crippen molar-refractivity contribution in [1.82, 2.24) is 5.32 Å². The second-order valence-corrected chi connectivity index (χ2v) is 5.53. The molecule has 1 aromatic carbocycles. The fraction of sp³-hybridized carbons (Fsp3) is 0.500. The molecule has 5 heteroatoms. The zero-order chi connectivity index (χ0) is 14.0. The molecular formula is C14H18BrNO3. The van der Waals surface area contributed by atoms with Crippen LogP contribution in [0.3, 0.4) is 0 Å². The Morgan fingerprint density at radius 2 is 2.05 bits per heavy atom. The van der Waals surface area contributed by atoms with Crippen LogP contribution >= 0.6 is 15.9 Å². The number of nitrogens with one attached hydrogen (secondary N) is 1. The van der Waals surface area contributed by atoms with Gasteiger partial charge in [0.15, 0.2) is 5.78 Å². The number of carbonyl (C=O) groups is 1. The van der Waals surface area contributed by atoms with E-state index in [1.54, 1.807) is 26.4 Å². The van der Waals surface area contributed by atoms with Gasteiger partial charge in [0.25, 0.3) is 0 Å². The monoisotopic (exact) mass is 327 g/mol. The van der Waals surface area contributed by atoms with Crippen LogP contribution in [-0.2, 0) is 0 Å². The van der Waals surface area contributed by atoms with E-state index in [4.69, 9.17) is 9.47 Å². The lowest BCUT2D eigenvalue weighted by Gasteiger charge is -2.32. The number of Topliss-reactive ketones (excluding diaryl/α,β-unsaturated/α-hetero) is 1. The lowest BCUT2D eigenvalue weighted by molar-refractivity contribution is 0.0850. The number of ketones is 1. The smallest absolute Gasteiger partial charge is 0.169 e. The molecular weight excluding hydrogens is 310 g/mol. The van der Waals surface area contributed by atoms with Gasteiger partial charge in [0.05, 0.1) is 19.8 Å². The van der Waals surface area contributed by atoms with E-state index in [0.29, 0.717) is 27.5 Å². The summed E-state index contributed by atoms with van der Waals surface area (Å²) in [6, 6.07) is 3.55. The number of methoxy groups -OCH3 is 2. The van der Waals surface area contributed by atoms with Crippen LogP contribution in [0.5, 0.6) is 11.5 Å². The fourth-order valence-corrected chi connectivity index (χ4v) is 2.88. The summed E-state index contributed by atoms with van der Waals surface area (Å²) >= 11 is 3.42. The molecule has 1 atom stereocenters. The van der Waals surface area contributed by atoms with Crippen molar-refractivity contribution in [3.05, 3.63) is 22.2 Å². The lowest BCUT2D eigenvalue weighted by Crippen LogP contribution is -2.47. The molecule has 0 bridgehead atoms. The number of rotatable bonds is 5. The maximum atomic E-state index is 12.5. The van der Waals surface area contributed by atoms with Gasteiger partial charge in [-0.25, -0.2) is 0 Å². The molecule has 1 N–H and O–H groups in total. The third kappa shape index (κ3) is 2.62. The molecule has 0 saturated carbocycles. The summed E-state index contributed by atoms with van der Waals surface area (Å²) in [7, 11) is 3.15. The molecule has 1 aliphatic rings. The third-order valence-electron chi connectivity index (χ3n) is 3.68. The van der Waals surface area contributed by atoms with Crippen molar-refractivity contribution in [1.29, 1.82) is 0 Å². The minimum absolute atomic E-state index is 0.00422. The average Bonchev–Trinajstić information content (AvgIpc) is 2.35. The summed E-state index contributed by atoms with van der Waals surface area (Å²) in [5.41, 5.74) is 0.606. The Hall–Kier alpha value is -1.07. The number of carbonyl (C=O) groups excluding carboxylic acids is 1. The van der Waals surface area contributed by atoms with Gasteiger partial charge in [0.1, 0.15) is 16.0 Å². The summed E-state index contributed by atoms with van der Waals surface area (Å²) in [6.07, 6.45) is 0. The summed E-state index contributed by atoms with van der Waals surface area (Å²) < 4.78 is 11.3. The van der Waals surface area contributed by atoms with Crippen LogP contribution in [-0.4, -0.2) is 33.1 Å². The Morgan fingerprint density at radius 1 is 1.37 bits per heavy atom. The normalized spacial score (nSPS) is 16.6. The number of hydrogen-bond acceptors (Lipinski definition) is 4. The number of ether oxygens (including phenoxy) is 2. The van der Waals surface area contributed by atoms with Gasteiger partial charge in [-0.05, 0) is 47.1 Å². The molecule has 1 aromatic rings. The molecule has 0 spiro atoms. The van der Waals surface area contributed by atoms with E-state index in [-0.39, 0.29) is 11.7 Å². The predicted octanol–water partition coefficient (Wildman–Crippen LogP) is 2.50. The highest BCUT2D eigenvalue weighted by molar-refractivity contribution is 9.10. The molecule has 0 radical (unpaired) electrons. The van der Waals surface area contributed by atoms with Crippen LogP contribution in [0.1, 0.15) is 17.3 Å². The van der Waals surface area contributed by atoms with E-state index in [0.717, 1.165) is 13.1 Å². The van der Waals surface area contributed by atoms with Crippen molar-refractivity contribution in [2.45, 2.75) is 6.92 Å². The van der Waals surface area contributed by atoms with E-state index in [1.165, 1.54) is 0 Å². The molecule has 0 aliphatic carbocycles. The molecule has 1 saturated heterocycles. The number of benzene rings is 1. The highest BCUT2D eigenvalue weighted by atomic mass is 79.9. The summed E-state index contributed by atoms with van der Waals surface area (Å²) in [5, 5.41) is 3.19. The minimum atomic E-state index is -0.00422. The Morgan fingerprint density at radius 3 is 2.53 bits per heavy atom. The quantitative estimate of drug-likeness (QED) is 0.844. The Labute approximate surface area is 121 Å². The standard InChI is InChI=1S/C14H18BrNO3/c1-8(9-6-16-7-9)13(17)10-4-5-11(18-2)12(15)14(10)19-3/h4-5,8-9,16H,6-7H2,1-3H3. The van der Waals surface area contributed by atoms with Gasteiger partial charge >= 0.3 is 0 Å². The van der Waals surface area contributed by atoms with Crippen LogP contribution < -0.4 is 14.8 Å². The zero-order valence-corrected chi connectivity index (χ0v) is 12.9. The molecule has 0 aromatic heterocycles. The van der Waals surface area contributed by atoms with E-state index < -0.39 is 0 Å². The van der Waals surface area contributed by atoms with Crippen LogP contribution in [0.15, 0.2) is 16.6 Å². The molecule has 4 nitrogen and oxygen atoms in total. The third-order valence-corrected chi connectivity index (χ3v) is 4.44. The molecule has 1 fully saturated rings. The van der Waals surface area contributed by atoms with Gasteiger partial charge in [0.2, 0.25) is 0 Å². The molecule has 1 heterocycles. The maximum Gasteiger partial charge on any atom is 0.169 e. The van der Waals surface area contributed by atoms with Crippen molar-refractivity contribution in [2.24, 2.45) is 11.8 Å². The Bertz CT molecular complexity index is 486. The van der Waals surface area contributed by atoms with E-state index in [9.17, 15) is 4.79 Å². The second kappa shape index (κ2) is 5.92. The molecule has 0 amide bonds. The van der Waals surface area contributed by atoms with Gasteiger partial charge in [-0.1, -0.05) is 6.92 Å². The first-order valence-electron chi connectivity index (χ1n) is 6.25. The van der Waals surface area contributed by atoms with Crippen molar-refractivity contribution < 1.29 is 14.3 Å². The van der Waals surface area contributed by atoms with Crippen LogP contribution in [0.2, 0.25) is 0 Å². The van der Waals surface area contributed by atoms with Gasteiger partial charge in [0, 0.05) is 5.92 Å². The number of hydrogen-bond donors (Lipinski definition) is 1. The van der Waals surface area contributed by atoms with Crippen molar-refractivity contribution in [2.75, 3.05) is 27.3 Å². The predicted molar refractivity (Wildman–Crippen MR) is 77.1 cm³/mol. The Kier molecular flexibility index (Phi) is 4.47. The summed E-state index contributed by atoms with van der Waals surface area (Å²) in [5.74, 6) is 1.73. The van der Waals surface area contributed by atoms with Gasteiger partial charge in [-0.15, -0.1) is 0 Å². The SMILES string of the molecule is COc1ccc(C(=O)C(C)C2CNC2)c(OC)c1Br. The highest BCUT2D eigenvalue weighted by Gasteiger charge is 2.31. The molecule has 2 rings (SSSR count). The molecule has 19 heavy (non-hydrogen) atoms. The largest absolute Gasteiger partial charge is 0.495 e. The molecule has 1 aliphatic heterocycles. The second-order valence-electron chi connectivity index (χ2n) is 4.73. The van der Waals surface area contributed by atoms with Gasteiger partial charge in [-0.2, -0.15) is 0 Å². The van der Waals surface area contributed by atoms with Gasteiger partial charge in [-0.3, -0.25) is 4.79 Å². The van der Waals surface area contributed by atoms with Crippen molar-refractivity contribution >= 4 is 21.7 Å². The van der Waals surface area contributed by atoms with Crippen LogP contribution in [0, 0.1) is 11.8 Å². The molecule has 1 unspecified atom stereocenters. The Balaban J connectivity index is 2.33. The highest BCUT2D eigenvalue weighted by Crippen LogP contribution is 2.38. The van der Waals surface area contributed by atoms with Gasteiger partial charge < -0.3 is 14.8 Å². The first-order valence-corrected chi connectivity index (χ1v) is 7.04. The van der Waals surface area contributed by atoms with E-state index in [1.807, 2.05) is 6.92 Å². The van der Waals surface area contributed by atoms with E-state index >= 15 is 0 Å². The minimum Gasteiger partial charge on any atom is -0.495 e. The summed E-state index contributed by atoms with van der Waals surface area (Å²) in [6.45, 7) is 3.80. The first-order chi connectivity index (χ1) is 9.10. The fourth-order valence-electron chi connectivity index (χ4n) is 2.21. The number of halogens is 1. The van der Waals surface area contributed by atoms with Crippen LogP contribution in [0.4, 0.5) is 0 Å². The summed E-state index contributed by atoms with van der Waals surface area (Å²) in [4.78, 5) is 12.5. The topological polar surface area (TPSA) is 47.6 Å². The lowest BCUT2D eigenvalue weighted by atomic mass is 9.83. The van der Waals surface area contributed by atoms with E-state index in [2.05, 4.69) is 21.2 Å².